The van der Waals surface area contributed by atoms with E-state index in [1.165, 1.54) is 11.8 Å². The Morgan fingerprint density at radius 3 is 2.75 bits per heavy atom. The van der Waals surface area contributed by atoms with Crippen molar-refractivity contribution >= 4 is 29.1 Å². The number of rotatable bonds is 2. The SMILES string of the molecule is CSc1nc(Cl)cc(-c2cc(N)ccn2)n1. The van der Waals surface area contributed by atoms with Crippen LogP contribution in [0.3, 0.4) is 0 Å². The predicted octanol–water partition coefficient (Wildman–Crippen LogP) is 2.50. The molecule has 2 heterocycles. The van der Waals surface area contributed by atoms with E-state index in [4.69, 9.17) is 17.3 Å². The quantitative estimate of drug-likeness (QED) is 0.505. The van der Waals surface area contributed by atoms with E-state index in [0.717, 1.165) is 0 Å². The first-order valence-electron chi connectivity index (χ1n) is 4.49. The van der Waals surface area contributed by atoms with Gasteiger partial charge in [-0.2, -0.15) is 0 Å². The standard InChI is InChI=1S/C10H9ClN4S/c1-16-10-14-8(5-9(11)15-10)7-4-6(12)2-3-13-7/h2-5H,1H3,(H2,12,13). The molecule has 2 aromatic heterocycles. The van der Waals surface area contributed by atoms with Gasteiger partial charge in [0.2, 0.25) is 0 Å². The van der Waals surface area contributed by atoms with Crippen LogP contribution in [0.1, 0.15) is 0 Å². The van der Waals surface area contributed by atoms with Crippen molar-refractivity contribution in [3.63, 3.8) is 0 Å². The Morgan fingerprint density at radius 2 is 2.06 bits per heavy atom. The lowest BCUT2D eigenvalue weighted by atomic mass is 10.2. The second-order valence-electron chi connectivity index (χ2n) is 3.04. The van der Waals surface area contributed by atoms with Gasteiger partial charge in [0, 0.05) is 18.0 Å². The molecule has 4 nitrogen and oxygen atoms in total. The number of thioether (sulfide) groups is 1. The van der Waals surface area contributed by atoms with E-state index < -0.39 is 0 Å². The number of hydrogen-bond donors (Lipinski definition) is 1. The summed E-state index contributed by atoms with van der Waals surface area (Å²) in [6, 6.07) is 5.15. The van der Waals surface area contributed by atoms with Gasteiger partial charge in [-0.15, -0.1) is 0 Å². The van der Waals surface area contributed by atoms with Crippen molar-refractivity contribution in [2.75, 3.05) is 12.0 Å². The molecule has 0 atom stereocenters. The zero-order valence-electron chi connectivity index (χ0n) is 8.51. The first-order valence-corrected chi connectivity index (χ1v) is 6.10. The molecule has 0 saturated heterocycles. The molecule has 0 aliphatic heterocycles. The molecule has 2 N–H and O–H groups in total. The number of hydrogen-bond acceptors (Lipinski definition) is 5. The molecule has 0 spiro atoms. The van der Waals surface area contributed by atoms with Gasteiger partial charge >= 0.3 is 0 Å². The summed E-state index contributed by atoms with van der Waals surface area (Å²) in [5, 5.41) is 1.02. The number of nitrogen functional groups attached to an aromatic ring is 1. The molecule has 2 aromatic rings. The summed E-state index contributed by atoms with van der Waals surface area (Å²) in [7, 11) is 0. The highest BCUT2D eigenvalue weighted by Gasteiger charge is 2.06. The van der Waals surface area contributed by atoms with Crippen LogP contribution in [0.5, 0.6) is 0 Å². The molecule has 0 aliphatic carbocycles. The molecule has 0 amide bonds. The summed E-state index contributed by atoms with van der Waals surface area (Å²) in [4.78, 5) is 12.6. The first kappa shape index (κ1) is 11.2. The summed E-state index contributed by atoms with van der Waals surface area (Å²) in [6.07, 6.45) is 3.53. The Morgan fingerprint density at radius 1 is 1.25 bits per heavy atom. The third-order valence-corrected chi connectivity index (χ3v) is 2.64. The van der Waals surface area contributed by atoms with Gasteiger partial charge in [0.1, 0.15) is 5.15 Å². The molecule has 0 aliphatic rings. The number of nitrogens with two attached hydrogens (primary N) is 1. The smallest absolute Gasteiger partial charge is 0.189 e. The minimum absolute atomic E-state index is 0.401. The van der Waals surface area contributed by atoms with E-state index in [2.05, 4.69) is 15.0 Å². The Bertz CT molecular complexity index is 518. The van der Waals surface area contributed by atoms with Gasteiger partial charge in [-0.1, -0.05) is 23.4 Å². The lowest BCUT2D eigenvalue weighted by molar-refractivity contribution is 0.972. The molecule has 0 fully saturated rings. The lowest BCUT2D eigenvalue weighted by Gasteiger charge is -2.03. The topological polar surface area (TPSA) is 64.7 Å². The van der Waals surface area contributed by atoms with Crippen LogP contribution in [0.4, 0.5) is 5.69 Å². The number of halogens is 1. The van der Waals surface area contributed by atoms with Crippen LogP contribution < -0.4 is 5.73 Å². The van der Waals surface area contributed by atoms with Gasteiger partial charge in [0.05, 0.1) is 11.4 Å². The number of nitrogens with zero attached hydrogens (tertiary/aromatic N) is 3. The second-order valence-corrected chi connectivity index (χ2v) is 4.20. The van der Waals surface area contributed by atoms with Gasteiger partial charge in [0.25, 0.3) is 0 Å². The van der Waals surface area contributed by atoms with E-state index in [0.29, 0.717) is 27.4 Å². The summed E-state index contributed by atoms with van der Waals surface area (Å²) >= 11 is 7.33. The molecule has 6 heteroatoms. The summed E-state index contributed by atoms with van der Waals surface area (Å²) in [5.41, 5.74) is 7.70. The Balaban J connectivity index is 2.51. The fraction of sp³-hybridized carbons (Fsp3) is 0.100. The van der Waals surface area contributed by atoms with Gasteiger partial charge in [-0.3, -0.25) is 4.98 Å². The van der Waals surface area contributed by atoms with E-state index >= 15 is 0 Å². The number of anilines is 1. The number of pyridine rings is 1. The van der Waals surface area contributed by atoms with Crippen LogP contribution in [0.25, 0.3) is 11.4 Å². The van der Waals surface area contributed by atoms with Crippen molar-refractivity contribution in [1.82, 2.24) is 15.0 Å². The largest absolute Gasteiger partial charge is 0.399 e. The van der Waals surface area contributed by atoms with Crippen molar-refractivity contribution in [1.29, 1.82) is 0 Å². The molecule has 0 aromatic carbocycles. The van der Waals surface area contributed by atoms with Gasteiger partial charge in [-0.05, 0) is 18.4 Å². The van der Waals surface area contributed by atoms with E-state index in [-0.39, 0.29) is 0 Å². The van der Waals surface area contributed by atoms with E-state index in [9.17, 15) is 0 Å². The van der Waals surface area contributed by atoms with Crippen molar-refractivity contribution in [3.05, 3.63) is 29.5 Å². The van der Waals surface area contributed by atoms with Crippen molar-refractivity contribution in [2.45, 2.75) is 5.16 Å². The van der Waals surface area contributed by atoms with Gasteiger partial charge in [-0.25, -0.2) is 9.97 Å². The molecule has 0 saturated carbocycles. The van der Waals surface area contributed by atoms with Crippen LogP contribution in [0.15, 0.2) is 29.6 Å². The van der Waals surface area contributed by atoms with Crippen molar-refractivity contribution < 1.29 is 0 Å². The molecule has 0 bridgehead atoms. The van der Waals surface area contributed by atoms with Crippen LogP contribution >= 0.6 is 23.4 Å². The van der Waals surface area contributed by atoms with E-state index in [1.54, 1.807) is 24.4 Å². The lowest BCUT2D eigenvalue weighted by Crippen LogP contribution is -1.94. The molecule has 0 unspecified atom stereocenters. The van der Waals surface area contributed by atoms with Crippen molar-refractivity contribution in [2.24, 2.45) is 0 Å². The maximum atomic E-state index is 5.89. The molecular weight excluding hydrogens is 244 g/mol. The minimum atomic E-state index is 0.401. The number of aromatic nitrogens is 3. The summed E-state index contributed by atoms with van der Waals surface area (Å²) < 4.78 is 0. The Kier molecular flexibility index (Phi) is 3.26. The maximum absolute atomic E-state index is 5.89. The fourth-order valence-corrected chi connectivity index (χ4v) is 1.82. The molecule has 82 valence electrons. The molecule has 2 rings (SSSR count). The normalized spacial score (nSPS) is 10.4. The summed E-state index contributed by atoms with van der Waals surface area (Å²) in [5.74, 6) is 0. The van der Waals surface area contributed by atoms with Crippen LogP contribution in [0, 0.1) is 0 Å². The monoisotopic (exact) mass is 252 g/mol. The maximum Gasteiger partial charge on any atom is 0.189 e. The Hall–Kier alpha value is -1.33. The zero-order valence-corrected chi connectivity index (χ0v) is 10.1. The Labute approximate surface area is 102 Å². The highest BCUT2D eigenvalue weighted by Crippen LogP contribution is 2.22. The summed E-state index contributed by atoms with van der Waals surface area (Å²) in [6.45, 7) is 0. The third-order valence-electron chi connectivity index (χ3n) is 1.90. The average Bonchev–Trinajstić information content (AvgIpc) is 2.28. The van der Waals surface area contributed by atoms with Crippen LogP contribution in [-0.4, -0.2) is 21.2 Å². The first-order chi connectivity index (χ1) is 7.69. The van der Waals surface area contributed by atoms with Crippen molar-refractivity contribution in [3.8, 4) is 11.4 Å². The highest BCUT2D eigenvalue weighted by atomic mass is 35.5. The predicted molar refractivity (Wildman–Crippen MR) is 66.5 cm³/mol. The zero-order chi connectivity index (χ0) is 11.5. The van der Waals surface area contributed by atoms with Crippen LogP contribution in [-0.2, 0) is 0 Å². The molecular formula is C10H9ClN4S. The fourth-order valence-electron chi connectivity index (χ4n) is 1.21. The third kappa shape index (κ3) is 2.43. The second kappa shape index (κ2) is 4.67. The van der Waals surface area contributed by atoms with Gasteiger partial charge < -0.3 is 5.73 Å². The highest BCUT2D eigenvalue weighted by molar-refractivity contribution is 7.98. The minimum Gasteiger partial charge on any atom is -0.399 e. The van der Waals surface area contributed by atoms with Crippen LogP contribution in [0.2, 0.25) is 5.15 Å². The molecule has 16 heavy (non-hydrogen) atoms. The average molecular weight is 253 g/mol. The van der Waals surface area contributed by atoms with Gasteiger partial charge in [0.15, 0.2) is 5.16 Å². The molecule has 0 radical (unpaired) electrons. The van der Waals surface area contributed by atoms with E-state index in [1.807, 2.05) is 6.26 Å².